The van der Waals surface area contributed by atoms with E-state index in [9.17, 15) is 9.59 Å². The van der Waals surface area contributed by atoms with E-state index in [2.05, 4.69) is 11.6 Å². The molecule has 0 radical (unpaired) electrons. The zero-order valence-corrected chi connectivity index (χ0v) is 7.96. The van der Waals surface area contributed by atoms with Crippen molar-refractivity contribution < 1.29 is 19.8 Å². The van der Waals surface area contributed by atoms with Gasteiger partial charge in [0.15, 0.2) is 0 Å². The van der Waals surface area contributed by atoms with Crippen LogP contribution in [0.25, 0.3) is 0 Å². The summed E-state index contributed by atoms with van der Waals surface area (Å²) in [4.78, 5) is 23.4. The van der Waals surface area contributed by atoms with Crippen LogP contribution < -0.4 is 0 Å². The number of hydrogen-bond donors (Lipinski definition) is 2. The van der Waals surface area contributed by atoms with Gasteiger partial charge >= 0.3 is 11.9 Å². The molecule has 0 bridgehead atoms. The summed E-state index contributed by atoms with van der Waals surface area (Å²) in [5, 5.41) is 16.1. The fourth-order valence-electron chi connectivity index (χ4n) is 0.571. The zero-order valence-electron chi connectivity index (χ0n) is 7.96. The summed E-state index contributed by atoms with van der Waals surface area (Å²) in [5.41, 5.74) is -0.303. The van der Waals surface area contributed by atoms with E-state index in [4.69, 9.17) is 10.2 Å². The number of carboxylic acid groups (broad SMARTS) is 2. The third-order valence-corrected chi connectivity index (χ3v) is 1.23. The molecule has 0 spiro atoms. The van der Waals surface area contributed by atoms with Crippen LogP contribution >= 0.6 is 0 Å². The van der Waals surface area contributed by atoms with E-state index in [-0.39, 0.29) is 5.57 Å². The highest BCUT2D eigenvalue weighted by molar-refractivity contribution is 5.91. The second-order valence-corrected chi connectivity index (χ2v) is 2.50. The quantitative estimate of drug-likeness (QED) is 0.730. The molecular formula is C10H11NO4. The Morgan fingerprint density at radius 1 is 1.13 bits per heavy atom. The monoisotopic (exact) mass is 209 g/mol. The van der Waals surface area contributed by atoms with Gasteiger partial charge in [0.25, 0.3) is 0 Å². The van der Waals surface area contributed by atoms with Crippen LogP contribution in [0.1, 0.15) is 6.42 Å². The van der Waals surface area contributed by atoms with Gasteiger partial charge in [0.05, 0.1) is 6.42 Å². The van der Waals surface area contributed by atoms with E-state index < -0.39 is 18.4 Å². The van der Waals surface area contributed by atoms with Gasteiger partial charge in [-0.05, 0) is 12.1 Å². The zero-order chi connectivity index (χ0) is 11.7. The fraction of sp³-hybridized carbons (Fsp3) is 0.100. The molecular weight excluding hydrogens is 198 g/mol. The van der Waals surface area contributed by atoms with Crippen molar-refractivity contribution in [2.45, 2.75) is 6.42 Å². The maximum absolute atomic E-state index is 9.87. The average molecular weight is 209 g/mol. The highest BCUT2D eigenvalue weighted by Gasteiger charge is 2.07. The molecule has 1 heterocycles. The average Bonchev–Trinajstić information content (AvgIpc) is 2.20. The van der Waals surface area contributed by atoms with E-state index in [1.165, 1.54) is 0 Å². The second kappa shape index (κ2) is 7.25. The smallest absolute Gasteiger partial charge is 0.331 e. The Balaban J connectivity index is 0.000000280. The third-order valence-electron chi connectivity index (χ3n) is 1.23. The molecule has 1 rings (SSSR count). The molecule has 2 N–H and O–H groups in total. The number of pyridine rings is 1. The van der Waals surface area contributed by atoms with Gasteiger partial charge in [0.2, 0.25) is 0 Å². The molecule has 0 amide bonds. The maximum Gasteiger partial charge on any atom is 0.331 e. The lowest BCUT2D eigenvalue weighted by atomic mass is 10.2. The van der Waals surface area contributed by atoms with E-state index >= 15 is 0 Å². The van der Waals surface area contributed by atoms with Crippen LogP contribution in [0.5, 0.6) is 0 Å². The maximum atomic E-state index is 9.87. The Morgan fingerprint density at radius 2 is 1.67 bits per heavy atom. The van der Waals surface area contributed by atoms with Gasteiger partial charge in [-0.2, -0.15) is 0 Å². The third kappa shape index (κ3) is 8.17. The van der Waals surface area contributed by atoms with Crippen molar-refractivity contribution in [3.63, 3.8) is 0 Å². The molecule has 0 saturated heterocycles. The summed E-state index contributed by atoms with van der Waals surface area (Å²) in [6.07, 6.45) is 3.00. The van der Waals surface area contributed by atoms with E-state index in [1.807, 2.05) is 18.2 Å². The predicted molar refractivity (Wildman–Crippen MR) is 53.3 cm³/mol. The summed E-state index contributed by atoms with van der Waals surface area (Å²) in [6, 6.07) is 5.72. The van der Waals surface area contributed by atoms with Crippen LogP contribution in [0.3, 0.4) is 0 Å². The lowest BCUT2D eigenvalue weighted by Crippen LogP contribution is -2.04. The van der Waals surface area contributed by atoms with Crippen LogP contribution in [0, 0.1) is 0 Å². The van der Waals surface area contributed by atoms with Crippen LogP contribution in [-0.4, -0.2) is 27.1 Å². The van der Waals surface area contributed by atoms with Crippen molar-refractivity contribution in [3.05, 3.63) is 42.7 Å². The summed E-state index contributed by atoms with van der Waals surface area (Å²) in [7, 11) is 0. The van der Waals surface area contributed by atoms with Gasteiger partial charge < -0.3 is 10.2 Å². The predicted octanol–water partition coefficient (Wildman–Crippen LogP) is 1.18. The van der Waals surface area contributed by atoms with Gasteiger partial charge in [-0.1, -0.05) is 12.6 Å². The molecule has 0 aliphatic heterocycles. The summed E-state index contributed by atoms with van der Waals surface area (Å²) in [6.45, 7) is 3.01. The van der Waals surface area contributed by atoms with Gasteiger partial charge in [-0.25, -0.2) is 4.79 Å². The fourth-order valence-corrected chi connectivity index (χ4v) is 0.571. The summed E-state index contributed by atoms with van der Waals surface area (Å²) >= 11 is 0. The highest BCUT2D eigenvalue weighted by Crippen LogP contribution is 1.95. The number of aliphatic carboxylic acids is 2. The minimum absolute atomic E-state index is 0.303. The van der Waals surface area contributed by atoms with Crippen LogP contribution in [0.2, 0.25) is 0 Å². The topological polar surface area (TPSA) is 87.5 Å². The Bertz CT molecular complexity index is 308. The van der Waals surface area contributed by atoms with Crippen molar-refractivity contribution in [1.29, 1.82) is 0 Å². The standard InChI is InChI=1S/C5H5N.C5H6O4/c1-2-4-6-5-3-1;1-3(5(8)9)2-4(6)7/h1-5H;1-2H2,(H,6,7)(H,8,9). The van der Waals surface area contributed by atoms with Crippen LogP contribution in [0.15, 0.2) is 42.7 Å². The lowest BCUT2D eigenvalue weighted by Gasteiger charge is -1.91. The van der Waals surface area contributed by atoms with E-state index in [0.29, 0.717) is 0 Å². The van der Waals surface area contributed by atoms with Crippen molar-refractivity contribution in [2.24, 2.45) is 0 Å². The van der Waals surface area contributed by atoms with Crippen LogP contribution in [0.4, 0.5) is 0 Å². The molecule has 0 aromatic carbocycles. The SMILES string of the molecule is C=C(CC(=O)O)C(=O)O.c1ccncc1. The highest BCUT2D eigenvalue weighted by atomic mass is 16.4. The Morgan fingerprint density at radius 3 is 1.80 bits per heavy atom. The van der Waals surface area contributed by atoms with Crippen molar-refractivity contribution in [2.75, 3.05) is 0 Å². The minimum Gasteiger partial charge on any atom is -0.481 e. The normalized spacial score (nSPS) is 8.27. The Labute approximate surface area is 86.7 Å². The Hall–Kier alpha value is -2.17. The summed E-state index contributed by atoms with van der Waals surface area (Å²) < 4.78 is 0. The lowest BCUT2D eigenvalue weighted by molar-refractivity contribution is -0.139. The molecule has 0 aliphatic rings. The number of nitrogens with zero attached hydrogens (tertiary/aromatic N) is 1. The largest absolute Gasteiger partial charge is 0.481 e. The first-order chi connectivity index (χ1) is 7.04. The number of carbonyl (C=O) groups is 2. The number of hydrogen-bond acceptors (Lipinski definition) is 3. The first kappa shape index (κ1) is 12.8. The summed E-state index contributed by atoms with van der Waals surface area (Å²) in [5.74, 6) is -2.44. The van der Waals surface area contributed by atoms with Gasteiger partial charge in [-0.3, -0.25) is 9.78 Å². The van der Waals surface area contributed by atoms with Gasteiger partial charge in [-0.15, -0.1) is 0 Å². The van der Waals surface area contributed by atoms with Crippen LogP contribution in [-0.2, 0) is 9.59 Å². The van der Waals surface area contributed by atoms with E-state index in [0.717, 1.165) is 0 Å². The van der Waals surface area contributed by atoms with Crippen molar-refractivity contribution in [1.82, 2.24) is 4.98 Å². The first-order valence-electron chi connectivity index (χ1n) is 4.02. The molecule has 0 fully saturated rings. The van der Waals surface area contributed by atoms with Crippen molar-refractivity contribution >= 4 is 11.9 Å². The number of carboxylic acids is 2. The molecule has 1 aromatic rings. The second-order valence-electron chi connectivity index (χ2n) is 2.50. The molecule has 80 valence electrons. The molecule has 15 heavy (non-hydrogen) atoms. The number of rotatable bonds is 3. The van der Waals surface area contributed by atoms with Gasteiger partial charge in [0.1, 0.15) is 0 Å². The molecule has 0 aliphatic carbocycles. The van der Waals surface area contributed by atoms with Gasteiger partial charge in [0, 0.05) is 18.0 Å². The molecule has 0 atom stereocenters. The molecule has 0 saturated carbocycles. The minimum atomic E-state index is -1.27. The van der Waals surface area contributed by atoms with Crippen molar-refractivity contribution in [3.8, 4) is 0 Å². The Kier molecular flexibility index (Phi) is 6.20. The van der Waals surface area contributed by atoms with E-state index in [1.54, 1.807) is 12.4 Å². The first-order valence-corrected chi connectivity index (χ1v) is 4.02. The number of aromatic nitrogens is 1. The molecule has 1 aromatic heterocycles. The molecule has 5 heteroatoms. The molecule has 5 nitrogen and oxygen atoms in total. The molecule has 0 unspecified atom stereocenters.